The number of amidine groups is 1. The number of rotatable bonds is 3. The molecule has 1 heterocycles. The summed E-state index contributed by atoms with van der Waals surface area (Å²) in [5.41, 5.74) is 6.16. The first-order chi connectivity index (χ1) is 9.54. The predicted octanol–water partition coefficient (Wildman–Crippen LogP) is 1.42. The van der Waals surface area contributed by atoms with Crippen molar-refractivity contribution in [2.45, 2.75) is 0 Å². The highest BCUT2D eigenvalue weighted by atomic mass is 35.5. The Morgan fingerprint density at radius 1 is 1.45 bits per heavy atom. The molecular formula is C12H12ClN5O2. The van der Waals surface area contributed by atoms with Crippen LogP contribution in [0.15, 0.2) is 35.6 Å². The smallest absolute Gasteiger partial charge is 0.258 e. The summed E-state index contributed by atoms with van der Waals surface area (Å²) in [5.74, 6) is -0.246. The number of amides is 1. The Balaban J connectivity index is 2.34. The van der Waals surface area contributed by atoms with Crippen molar-refractivity contribution in [3.05, 3.63) is 46.6 Å². The van der Waals surface area contributed by atoms with Gasteiger partial charge in [-0.05, 0) is 12.1 Å². The molecular weight excluding hydrogens is 282 g/mol. The normalized spacial score (nSPS) is 11.4. The minimum atomic E-state index is -0.411. The monoisotopic (exact) mass is 293 g/mol. The number of nitrogens with one attached hydrogen (secondary N) is 1. The van der Waals surface area contributed by atoms with Crippen molar-refractivity contribution in [3.8, 4) is 0 Å². The van der Waals surface area contributed by atoms with Gasteiger partial charge in [-0.3, -0.25) is 9.48 Å². The number of carbonyl (C=O) groups excluding carboxylic acids is 1. The van der Waals surface area contributed by atoms with Crippen molar-refractivity contribution in [2.75, 3.05) is 5.32 Å². The maximum atomic E-state index is 12.2. The first-order valence-electron chi connectivity index (χ1n) is 5.60. The molecule has 0 atom stereocenters. The van der Waals surface area contributed by atoms with Crippen molar-refractivity contribution in [1.82, 2.24) is 9.78 Å². The Labute approximate surface area is 119 Å². The fourth-order valence-corrected chi connectivity index (χ4v) is 1.87. The molecule has 20 heavy (non-hydrogen) atoms. The van der Waals surface area contributed by atoms with Crippen LogP contribution < -0.4 is 11.1 Å². The fourth-order valence-electron chi connectivity index (χ4n) is 1.65. The van der Waals surface area contributed by atoms with E-state index in [9.17, 15) is 4.79 Å². The van der Waals surface area contributed by atoms with Crippen molar-refractivity contribution in [3.63, 3.8) is 0 Å². The highest BCUT2D eigenvalue weighted by Gasteiger charge is 2.17. The van der Waals surface area contributed by atoms with Gasteiger partial charge in [-0.25, -0.2) is 0 Å². The van der Waals surface area contributed by atoms with E-state index in [0.717, 1.165) is 0 Å². The first-order valence-corrected chi connectivity index (χ1v) is 5.98. The SMILES string of the molecule is Cn1ncc(C(N)=NO)c1NC(=O)c1ccccc1Cl. The second-order valence-corrected chi connectivity index (χ2v) is 4.36. The molecule has 0 unspecified atom stereocenters. The van der Waals surface area contributed by atoms with E-state index in [-0.39, 0.29) is 5.84 Å². The van der Waals surface area contributed by atoms with Crippen LogP contribution in [0.1, 0.15) is 15.9 Å². The van der Waals surface area contributed by atoms with Crippen molar-refractivity contribution in [2.24, 2.45) is 17.9 Å². The third-order valence-corrected chi connectivity index (χ3v) is 3.00. The van der Waals surface area contributed by atoms with Crippen LogP contribution in [-0.4, -0.2) is 26.7 Å². The molecule has 0 radical (unpaired) electrons. The van der Waals surface area contributed by atoms with Crippen LogP contribution in [0.25, 0.3) is 0 Å². The lowest BCUT2D eigenvalue weighted by molar-refractivity contribution is 0.102. The molecule has 0 aliphatic rings. The number of aromatic nitrogens is 2. The molecule has 8 heteroatoms. The molecule has 0 saturated carbocycles. The minimum Gasteiger partial charge on any atom is -0.409 e. The summed E-state index contributed by atoms with van der Waals surface area (Å²) in [6, 6.07) is 6.64. The van der Waals surface area contributed by atoms with Gasteiger partial charge < -0.3 is 16.3 Å². The number of nitrogens with zero attached hydrogens (tertiary/aromatic N) is 3. The zero-order chi connectivity index (χ0) is 14.7. The fraction of sp³-hybridized carbons (Fsp3) is 0.0833. The predicted molar refractivity (Wildman–Crippen MR) is 75.1 cm³/mol. The lowest BCUT2D eigenvalue weighted by Gasteiger charge is -2.08. The Hall–Kier alpha value is -2.54. The third kappa shape index (κ3) is 2.57. The van der Waals surface area contributed by atoms with Gasteiger partial charge in [0, 0.05) is 7.05 Å². The van der Waals surface area contributed by atoms with Gasteiger partial charge in [0.1, 0.15) is 5.82 Å². The number of hydrogen-bond acceptors (Lipinski definition) is 4. The lowest BCUT2D eigenvalue weighted by Crippen LogP contribution is -2.20. The maximum absolute atomic E-state index is 12.2. The van der Waals surface area contributed by atoms with Crippen molar-refractivity contribution >= 4 is 29.2 Å². The molecule has 0 bridgehead atoms. The zero-order valence-corrected chi connectivity index (χ0v) is 11.3. The zero-order valence-electron chi connectivity index (χ0n) is 10.5. The Bertz CT molecular complexity index is 680. The molecule has 4 N–H and O–H groups in total. The average Bonchev–Trinajstić information content (AvgIpc) is 2.80. The summed E-state index contributed by atoms with van der Waals surface area (Å²) in [6.45, 7) is 0. The van der Waals surface area contributed by atoms with E-state index >= 15 is 0 Å². The number of carbonyl (C=O) groups is 1. The number of oxime groups is 1. The molecule has 1 amide bonds. The van der Waals surface area contributed by atoms with Gasteiger partial charge in [0.25, 0.3) is 5.91 Å². The topological polar surface area (TPSA) is 106 Å². The molecule has 7 nitrogen and oxygen atoms in total. The van der Waals surface area contributed by atoms with Crippen LogP contribution in [0.3, 0.4) is 0 Å². The average molecular weight is 294 g/mol. The van der Waals surface area contributed by atoms with Gasteiger partial charge in [0.15, 0.2) is 5.84 Å². The van der Waals surface area contributed by atoms with Gasteiger partial charge in [0.2, 0.25) is 0 Å². The van der Waals surface area contributed by atoms with Gasteiger partial charge >= 0.3 is 0 Å². The molecule has 1 aromatic heterocycles. The summed E-state index contributed by atoms with van der Waals surface area (Å²) < 4.78 is 1.40. The minimum absolute atomic E-state index is 0.146. The molecule has 0 aliphatic heterocycles. The summed E-state index contributed by atoms with van der Waals surface area (Å²) >= 11 is 5.96. The summed E-state index contributed by atoms with van der Waals surface area (Å²) in [4.78, 5) is 12.2. The summed E-state index contributed by atoms with van der Waals surface area (Å²) in [5, 5.41) is 18.5. The second kappa shape index (κ2) is 5.62. The molecule has 1 aromatic carbocycles. The lowest BCUT2D eigenvalue weighted by atomic mass is 10.2. The number of nitrogens with two attached hydrogens (primary N) is 1. The van der Waals surface area contributed by atoms with Crippen LogP contribution in [0.4, 0.5) is 5.82 Å². The van der Waals surface area contributed by atoms with E-state index in [1.807, 2.05) is 0 Å². The number of halogens is 1. The highest BCUT2D eigenvalue weighted by molar-refractivity contribution is 6.34. The molecule has 104 valence electrons. The van der Waals surface area contributed by atoms with Crippen LogP contribution in [0.2, 0.25) is 5.02 Å². The molecule has 0 aliphatic carbocycles. The van der Waals surface area contributed by atoms with E-state index in [2.05, 4.69) is 15.6 Å². The molecule has 0 fully saturated rings. The Kier molecular flexibility index (Phi) is 3.90. The molecule has 2 aromatic rings. The van der Waals surface area contributed by atoms with Gasteiger partial charge in [-0.15, -0.1) is 0 Å². The van der Waals surface area contributed by atoms with Crippen LogP contribution in [0, 0.1) is 0 Å². The van der Waals surface area contributed by atoms with Gasteiger partial charge in [0.05, 0.1) is 22.3 Å². The number of anilines is 1. The quantitative estimate of drug-likeness (QED) is 0.344. The summed E-state index contributed by atoms with van der Waals surface area (Å²) in [6.07, 6.45) is 1.39. The second-order valence-electron chi connectivity index (χ2n) is 3.95. The van der Waals surface area contributed by atoms with Gasteiger partial charge in [-0.1, -0.05) is 28.9 Å². The van der Waals surface area contributed by atoms with Crippen LogP contribution in [-0.2, 0) is 7.05 Å². The number of benzene rings is 1. The highest BCUT2D eigenvalue weighted by Crippen LogP contribution is 2.19. The van der Waals surface area contributed by atoms with Crippen molar-refractivity contribution < 1.29 is 10.0 Å². The Morgan fingerprint density at radius 2 is 2.15 bits per heavy atom. The van der Waals surface area contributed by atoms with Crippen LogP contribution in [0.5, 0.6) is 0 Å². The van der Waals surface area contributed by atoms with E-state index in [1.54, 1.807) is 31.3 Å². The van der Waals surface area contributed by atoms with E-state index in [1.165, 1.54) is 10.9 Å². The maximum Gasteiger partial charge on any atom is 0.258 e. The standard InChI is InChI=1S/C12H12ClN5O2/c1-18-11(8(6-15-18)10(14)17-20)16-12(19)7-4-2-3-5-9(7)13/h2-6,20H,1H3,(H2,14,17)(H,16,19). The number of aryl methyl sites for hydroxylation is 1. The number of hydrogen-bond donors (Lipinski definition) is 3. The van der Waals surface area contributed by atoms with Crippen molar-refractivity contribution in [1.29, 1.82) is 0 Å². The van der Waals surface area contributed by atoms with E-state index in [4.69, 9.17) is 22.5 Å². The molecule has 2 rings (SSSR count). The van der Waals surface area contributed by atoms with E-state index < -0.39 is 5.91 Å². The summed E-state index contributed by atoms with van der Waals surface area (Å²) in [7, 11) is 1.62. The molecule has 0 spiro atoms. The van der Waals surface area contributed by atoms with E-state index in [0.29, 0.717) is 22.0 Å². The molecule has 0 saturated heterocycles. The first kappa shape index (κ1) is 13.9. The van der Waals surface area contributed by atoms with Gasteiger partial charge in [-0.2, -0.15) is 5.10 Å². The van der Waals surface area contributed by atoms with Crippen LogP contribution >= 0.6 is 11.6 Å². The largest absolute Gasteiger partial charge is 0.409 e. The Morgan fingerprint density at radius 3 is 2.80 bits per heavy atom. The third-order valence-electron chi connectivity index (χ3n) is 2.67.